The van der Waals surface area contributed by atoms with Crippen LogP contribution in [0.5, 0.6) is 5.75 Å². The summed E-state index contributed by atoms with van der Waals surface area (Å²) in [5.41, 5.74) is 3.01. The molecule has 0 saturated carbocycles. The molecule has 0 fully saturated rings. The summed E-state index contributed by atoms with van der Waals surface area (Å²) in [7, 11) is 0. The molecular formula is C21H21NO4. The van der Waals surface area contributed by atoms with Crippen LogP contribution in [0.2, 0.25) is 0 Å². The molecule has 134 valence electrons. The molecule has 1 aliphatic rings. The average Bonchev–Trinajstić information content (AvgIpc) is 2.80. The number of amides is 2. The number of hydrogen-bond acceptors (Lipinski definition) is 4. The summed E-state index contributed by atoms with van der Waals surface area (Å²) in [4.78, 5) is 26.3. The number of hydrogen-bond donors (Lipinski definition) is 1. The van der Waals surface area contributed by atoms with Crippen LogP contribution in [-0.4, -0.2) is 23.0 Å². The van der Waals surface area contributed by atoms with E-state index < -0.39 is 17.6 Å². The van der Waals surface area contributed by atoms with Gasteiger partial charge in [0.25, 0.3) is 5.91 Å². The summed E-state index contributed by atoms with van der Waals surface area (Å²) < 4.78 is 5.57. The second-order valence-corrected chi connectivity index (χ2v) is 6.63. The van der Waals surface area contributed by atoms with Crippen molar-refractivity contribution in [3.8, 4) is 5.75 Å². The highest BCUT2D eigenvalue weighted by Gasteiger charge is 2.40. The maximum Gasteiger partial charge on any atom is 0.301 e. The molecule has 5 heteroatoms. The normalized spacial score (nSPS) is 14.6. The minimum Gasteiger partial charge on any atom is -0.502 e. The molecule has 2 amide bonds. The summed E-state index contributed by atoms with van der Waals surface area (Å²) in [6.07, 6.45) is 0.0259. The predicted molar refractivity (Wildman–Crippen MR) is 100 cm³/mol. The second-order valence-electron chi connectivity index (χ2n) is 6.63. The molecule has 1 aliphatic heterocycles. The Hall–Kier alpha value is -3.08. The Morgan fingerprint density at radius 3 is 2.15 bits per heavy atom. The molecule has 0 atom stereocenters. The van der Waals surface area contributed by atoms with E-state index in [4.69, 9.17) is 4.74 Å². The van der Waals surface area contributed by atoms with Crippen molar-refractivity contribution in [3.05, 3.63) is 64.9 Å². The van der Waals surface area contributed by atoms with Crippen LogP contribution in [0.4, 0.5) is 5.69 Å². The van der Waals surface area contributed by atoms with E-state index in [2.05, 4.69) is 0 Å². The molecule has 0 aliphatic carbocycles. The quantitative estimate of drug-likeness (QED) is 0.848. The van der Waals surface area contributed by atoms with Crippen molar-refractivity contribution in [2.24, 2.45) is 0 Å². The molecule has 0 aromatic heterocycles. The van der Waals surface area contributed by atoms with Crippen LogP contribution < -0.4 is 9.64 Å². The van der Waals surface area contributed by atoms with Crippen LogP contribution in [0.1, 0.15) is 30.5 Å². The number of anilines is 1. The molecule has 2 aromatic carbocycles. The van der Waals surface area contributed by atoms with Crippen LogP contribution >= 0.6 is 0 Å². The standard InChI is InChI=1S/C21H21NO4/c1-12(2)26-17-9-7-16(8-10-17)22-20(24)18(19(23)21(22)25)15-6-5-13(3)14(4)11-15/h5-12,23H,1-4H3. The van der Waals surface area contributed by atoms with Crippen molar-refractivity contribution in [1.82, 2.24) is 0 Å². The van der Waals surface area contributed by atoms with Gasteiger partial charge in [0.1, 0.15) is 5.75 Å². The topological polar surface area (TPSA) is 66.8 Å². The molecule has 1 N–H and O–H groups in total. The number of imide groups is 1. The summed E-state index contributed by atoms with van der Waals surface area (Å²) in [5.74, 6) is -1.13. The highest BCUT2D eigenvalue weighted by atomic mass is 16.5. The van der Waals surface area contributed by atoms with Crippen molar-refractivity contribution in [3.63, 3.8) is 0 Å². The highest BCUT2D eigenvalue weighted by Crippen LogP contribution is 2.33. The number of benzene rings is 2. The molecule has 0 unspecified atom stereocenters. The maximum absolute atomic E-state index is 12.8. The van der Waals surface area contributed by atoms with Crippen LogP contribution in [0, 0.1) is 13.8 Å². The van der Waals surface area contributed by atoms with E-state index in [1.165, 1.54) is 0 Å². The lowest BCUT2D eigenvalue weighted by Gasteiger charge is -2.16. The van der Waals surface area contributed by atoms with Crippen molar-refractivity contribution in [2.75, 3.05) is 4.90 Å². The zero-order valence-corrected chi connectivity index (χ0v) is 15.2. The van der Waals surface area contributed by atoms with Gasteiger partial charge >= 0.3 is 5.91 Å². The first-order valence-corrected chi connectivity index (χ1v) is 8.46. The lowest BCUT2D eigenvalue weighted by molar-refractivity contribution is -0.121. The number of aliphatic hydroxyl groups is 1. The second kappa shape index (κ2) is 6.67. The Bertz CT molecular complexity index is 910. The Kier molecular flexibility index (Phi) is 4.55. The third-order valence-electron chi connectivity index (χ3n) is 4.32. The Morgan fingerprint density at radius 1 is 0.923 bits per heavy atom. The minimum absolute atomic E-state index is 0.0259. The smallest absolute Gasteiger partial charge is 0.301 e. The van der Waals surface area contributed by atoms with Crippen molar-refractivity contribution in [1.29, 1.82) is 0 Å². The van der Waals surface area contributed by atoms with Gasteiger partial charge in [-0.2, -0.15) is 0 Å². The fourth-order valence-electron chi connectivity index (χ4n) is 2.86. The van der Waals surface area contributed by atoms with Crippen LogP contribution in [0.25, 0.3) is 5.57 Å². The van der Waals surface area contributed by atoms with E-state index in [0.717, 1.165) is 16.0 Å². The molecule has 3 rings (SSSR count). The number of carbonyl (C=O) groups excluding carboxylic acids is 2. The zero-order valence-electron chi connectivity index (χ0n) is 15.2. The molecule has 0 radical (unpaired) electrons. The molecule has 1 heterocycles. The minimum atomic E-state index is -0.722. The maximum atomic E-state index is 12.8. The molecule has 0 bridgehead atoms. The molecule has 26 heavy (non-hydrogen) atoms. The van der Waals surface area contributed by atoms with E-state index in [0.29, 0.717) is 17.0 Å². The SMILES string of the molecule is Cc1ccc(C2=C(O)C(=O)N(c3ccc(OC(C)C)cc3)C2=O)cc1C. The van der Waals surface area contributed by atoms with Gasteiger partial charge in [-0.05, 0) is 68.7 Å². The number of aryl methyl sites for hydroxylation is 2. The molecule has 0 spiro atoms. The fraction of sp³-hybridized carbons (Fsp3) is 0.238. The van der Waals surface area contributed by atoms with Gasteiger partial charge < -0.3 is 9.84 Å². The van der Waals surface area contributed by atoms with Gasteiger partial charge in [-0.1, -0.05) is 18.2 Å². The van der Waals surface area contributed by atoms with Crippen LogP contribution in [0.3, 0.4) is 0 Å². The van der Waals surface area contributed by atoms with Crippen LogP contribution in [-0.2, 0) is 9.59 Å². The number of carbonyl (C=O) groups is 2. The average molecular weight is 351 g/mol. The lowest BCUT2D eigenvalue weighted by Crippen LogP contribution is -2.31. The third-order valence-corrected chi connectivity index (χ3v) is 4.32. The molecule has 0 saturated heterocycles. The number of ether oxygens (including phenoxy) is 1. The first-order valence-electron chi connectivity index (χ1n) is 8.46. The Morgan fingerprint density at radius 2 is 1.58 bits per heavy atom. The monoisotopic (exact) mass is 351 g/mol. The predicted octanol–water partition coefficient (Wildman–Crippen LogP) is 3.93. The number of aliphatic hydroxyl groups excluding tert-OH is 1. The van der Waals surface area contributed by atoms with Gasteiger partial charge in [-0.25, -0.2) is 4.90 Å². The largest absolute Gasteiger partial charge is 0.502 e. The van der Waals surface area contributed by atoms with E-state index in [1.807, 2.05) is 33.8 Å². The van der Waals surface area contributed by atoms with E-state index in [-0.39, 0.29) is 11.7 Å². The molecular weight excluding hydrogens is 330 g/mol. The summed E-state index contributed by atoms with van der Waals surface area (Å²) in [5, 5.41) is 10.3. The highest BCUT2D eigenvalue weighted by molar-refractivity contribution is 6.44. The van der Waals surface area contributed by atoms with Gasteiger partial charge in [0.05, 0.1) is 17.4 Å². The Balaban J connectivity index is 1.94. The van der Waals surface area contributed by atoms with Gasteiger partial charge in [-0.3, -0.25) is 9.59 Å². The van der Waals surface area contributed by atoms with Gasteiger partial charge in [0.15, 0.2) is 5.76 Å². The number of rotatable bonds is 4. The summed E-state index contributed by atoms with van der Waals surface area (Å²) >= 11 is 0. The molecule has 5 nitrogen and oxygen atoms in total. The van der Waals surface area contributed by atoms with Crippen molar-refractivity contribution in [2.45, 2.75) is 33.8 Å². The summed E-state index contributed by atoms with van der Waals surface area (Å²) in [6, 6.07) is 12.1. The summed E-state index contributed by atoms with van der Waals surface area (Å²) in [6.45, 7) is 7.71. The van der Waals surface area contributed by atoms with Crippen molar-refractivity contribution >= 4 is 23.1 Å². The van der Waals surface area contributed by atoms with Gasteiger partial charge in [-0.15, -0.1) is 0 Å². The van der Waals surface area contributed by atoms with E-state index >= 15 is 0 Å². The first-order chi connectivity index (χ1) is 12.3. The lowest BCUT2D eigenvalue weighted by atomic mass is 10.00. The molecule has 2 aromatic rings. The van der Waals surface area contributed by atoms with E-state index in [9.17, 15) is 14.7 Å². The van der Waals surface area contributed by atoms with Crippen LogP contribution in [0.15, 0.2) is 48.2 Å². The number of nitrogens with zero attached hydrogens (tertiary/aromatic N) is 1. The van der Waals surface area contributed by atoms with E-state index in [1.54, 1.807) is 36.4 Å². The van der Waals surface area contributed by atoms with Crippen molar-refractivity contribution < 1.29 is 19.4 Å². The van der Waals surface area contributed by atoms with Gasteiger partial charge in [0.2, 0.25) is 0 Å². The Labute approximate surface area is 152 Å². The fourth-order valence-corrected chi connectivity index (χ4v) is 2.86. The zero-order chi connectivity index (χ0) is 19.0. The first kappa shape index (κ1) is 17.7. The van der Waals surface area contributed by atoms with Gasteiger partial charge in [0, 0.05) is 0 Å². The third kappa shape index (κ3) is 3.08.